The molecule has 1 fully saturated rings. The molecule has 2 N–H and O–H groups in total. The fraction of sp³-hybridized carbons (Fsp3) is 0.562. The standard InChI is InChI=1S/C16H24N2O3S/c1-11(12-4-5-14(20-2)15(8-12)21-3)18-16(19)9-13-10-22-7-6-17-13/h4-5,8,11,13,17H,6-7,9-10H2,1-3H3,(H,18,19). The zero-order chi connectivity index (χ0) is 15.9. The summed E-state index contributed by atoms with van der Waals surface area (Å²) in [7, 11) is 3.22. The highest BCUT2D eigenvalue weighted by Crippen LogP contribution is 2.29. The smallest absolute Gasteiger partial charge is 0.222 e. The Morgan fingerprint density at radius 1 is 1.41 bits per heavy atom. The van der Waals surface area contributed by atoms with E-state index in [0.29, 0.717) is 17.9 Å². The van der Waals surface area contributed by atoms with Gasteiger partial charge in [0.2, 0.25) is 5.91 Å². The Morgan fingerprint density at radius 2 is 2.18 bits per heavy atom. The van der Waals surface area contributed by atoms with E-state index in [4.69, 9.17) is 9.47 Å². The van der Waals surface area contributed by atoms with Gasteiger partial charge in [0.05, 0.1) is 20.3 Å². The summed E-state index contributed by atoms with van der Waals surface area (Å²) in [5.41, 5.74) is 0.997. The summed E-state index contributed by atoms with van der Waals surface area (Å²) in [4.78, 5) is 12.2. The third kappa shape index (κ3) is 4.55. The molecule has 22 heavy (non-hydrogen) atoms. The molecule has 6 heteroatoms. The average Bonchev–Trinajstić information content (AvgIpc) is 2.54. The van der Waals surface area contributed by atoms with Gasteiger partial charge >= 0.3 is 0 Å². The van der Waals surface area contributed by atoms with Gasteiger partial charge in [0, 0.05) is 30.5 Å². The minimum Gasteiger partial charge on any atom is -0.493 e. The molecule has 2 rings (SSSR count). The van der Waals surface area contributed by atoms with Gasteiger partial charge in [0.15, 0.2) is 11.5 Å². The maximum absolute atomic E-state index is 12.2. The molecule has 1 aliphatic rings. The van der Waals surface area contributed by atoms with Crippen molar-refractivity contribution >= 4 is 17.7 Å². The minimum atomic E-state index is -0.0662. The molecule has 1 amide bonds. The van der Waals surface area contributed by atoms with Gasteiger partial charge in [-0.2, -0.15) is 11.8 Å². The van der Waals surface area contributed by atoms with E-state index in [1.807, 2.05) is 36.9 Å². The first-order chi connectivity index (χ1) is 10.6. The van der Waals surface area contributed by atoms with E-state index in [-0.39, 0.29) is 18.0 Å². The van der Waals surface area contributed by atoms with E-state index in [0.717, 1.165) is 23.6 Å². The first-order valence-electron chi connectivity index (χ1n) is 7.46. The van der Waals surface area contributed by atoms with E-state index in [1.54, 1.807) is 14.2 Å². The number of carbonyl (C=O) groups excluding carboxylic acids is 1. The normalized spacial score (nSPS) is 19.3. The molecule has 122 valence electrons. The number of amides is 1. The summed E-state index contributed by atoms with van der Waals surface area (Å²) >= 11 is 1.90. The molecule has 2 unspecified atom stereocenters. The maximum atomic E-state index is 12.2. The van der Waals surface area contributed by atoms with Crippen LogP contribution in [0.2, 0.25) is 0 Å². The molecule has 1 aromatic carbocycles. The summed E-state index contributed by atoms with van der Waals surface area (Å²) < 4.78 is 10.5. The van der Waals surface area contributed by atoms with E-state index < -0.39 is 0 Å². The van der Waals surface area contributed by atoms with Gasteiger partial charge in [-0.3, -0.25) is 4.79 Å². The van der Waals surface area contributed by atoms with E-state index in [1.165, 1.54) is 0 Å². The topological polar surface area (TPSA) is 59.6 Å². The van der Waals surface area contributed by atoms with Crippen molar-refractivity contribution in [1.29, 1.82) is 0 Å². The molecule has 1 aliphatic heterocycles. The SMILES string of the molecule is COc1ccc(C(C)NC(=O)CC2CSCCN2)cc1OC. The molecule has 2 atom stereocenters. The van der Waals surface area contributed by atoms with Crippen LogP contribution in [0.15, 0.2) is 18.2 Å². The Kier molecular flexibility index (Phi) is 6.39. The molecular formula is C16H24N2O3S. The number of methoxy groups -OCH3 is 2. The van der Waals surface area contributed by atoms with E-state index >= 15 is 0 Å². The molecule has 0 bridgehead atoms. The highest BCUT2D eigenvalue weighted by atomic mass is 32.2. The average molecular weight is 324 g/mol. The van der Waals surface area contributed by atoms with Crippen molar-refractivity contribution in [1.82, 2.24) is 10.6 Å². The second-order valence-corrected chi connectivity index (χ2v) is 6.48. The van der Waals surface area contributed by atoms with Crippen LogP contribution in [0.1, 0.15) is 24.9 Å². The first-order valence-corrected chi connectivity index (χ1v) is 8.62. The molecule has 0 aliphatic carbocycles. The monoisotopic (exact) mass is 324 g/mol. The first kappa shape index (κ1) is 17.0. The molecule has 1 heterocycles. The van der Waals surface area contributed by atoms with Gasteiger partial charge in [-0.05, 0) is 24.6 Å². The lowest BCUT2D eigenvalue weighted by Crippen LogP contribution is -2.41. The number of benzene rings is 1. The van der Waals surface area contributed by atoms with Crippen LogP contribution in [0.4, 0.5) is 0 Å². The summed E-state index contributed by atoms with van der Waals surface area (Å²) in [5.74, 6) is 3.56. The Hall–Kier alpha value is -1.40. The molecule has 1 saturated heterocycles. The zero-order valence-corrected chi connectivity index (χ0v) is 14.2. The van der Waals surface area contributed by atoms with E-state index in [9.17, 15) is 4.79 Å². The minimum absolute atomic E-state index is 0.0662. The molecule has 0 spiro atoms. The predicted molar refractivity (Wildman–Crippen MR) is 89.8 cm³/mol. The van der Waals surface area contributed by atoms with Crippen molar-refractivity contribution in [2.24, 2.45) is 0 Å². The number of rotatable bonds is 6. The van der Waals surface area contributed by atoms with Crippen molar-refractivity contribution in [3.8, 4) is 11.5 Å². The number of ether oxygens (including phenoxy) is 2. The van der Waals surface area contributed by atoms with Crippen molar-refractivity contribution in [3.05, 3.63) is 23.8 Å². The van der Waals surface area contributed by atoms with Crippen LogP contribution in [0.25, 0.3) is 0 Å². The lowest BCUT2D eigenvalue weighted by atomic mass is 10.1. The molecule has 0 saturated carbocycles. The Labute approximate surface area is 136 Å². The molecular weight excluding hydrogens is 300 g/mol. The number of carbonyl (C=O) groups is 1. The number of hydrogen-bond acceptors (Lipinski definition) is 5. The lowest BCUT2D eigenvalue weighted by Gasteiger charge is -2.23. The largest absolute Gasteiger partial charge is 0.493 e. The van der Waals surface area contributed by atoms with Gasteiger partial charge in [-0.1, -0.05) is 6.07 Å². The van der Waals surface area contributed by atoms with Crippen LogP contribution in [0.5, 0.6) is 11.5 Å². The number of thioether (sulfide) groups is 1. The fourth-order valence-electron chi connectivity index (χ4n) is 2.48. The van der Waals surface area contributed by atoms with Crippen molar-refractivity contribution in [2.45, 2.75) is 25.4 Å². The second kappa shape index (κ2) is 8.29. The van der Waals surface area contributed by atoms with Gasteiger partial charge in [-0.25, -0.2) is 0 Å². The van der Waals surface area contributed by atoms with Crippen LogP contribution in [0.3, 0.4) is 0 Å². The summed E-state index contributed by atoms with van der Waals surface area (Å²) in [6.45, 7) is 2.95. The highest BCUT2D eigenvalue weighted by Gasteiger charge is 2.18. The molecule has 5 nitrogen and oxygen atoms in total. The quantitative estimate of drug-likeness (QED) is 0.838. The molecule has 0 aromatic heterocycles. The molecule has 0 radical (unpaired) electrons. The molecule has 1 aromatic rings. The number of hydrogen-bond donors (Lipinski definition) is 2. The Bertz CT molecular complexity index is 504. The van der Waals surface area contributed by atoms with Crippen LogP contribution in [-0.4, -0.2) is 44.2 Å². The van der Waals surface area contributed by atoms with Crippen molar-refractivity contribution in [3.63, 3.8) is 0 Å². The van der Waals surface area contributed by atoms with Gasteiger partial charge in [0.1, 0.15) is 0 Å². The third-order valence-electron chi connectivity index (χ3n) is 3.72. The Morgan fingerprint density at radius 3 is 2.82 bits per heavy atom. The van der Waals surface area contributed by atoms with Crippen LogP contribution in [-0.2, 0) is 4.79 Å². The Balaban J connectivity index is 1.93. The van der Waals surface area contributed by atoms with Crippen LogP contribution < -0.4 is 20.1 Å². The van der Waals surface area contributed by atoms with Gasteiger partial charge in [-0.15, -0.1) is 0 Å². The van der Waals surface area contributed by atoms with Crippen LogP contribution >= 0.6 is 11.8 Å². The summed E-state index contributed by atoms with van der Waals surface area (Å²) in [5, 5.41) is 6.43. The lowest BCUT2D eigenvalue weighted by molar-refractivity contribution is -0.122. The summed E-state index contributed by atoms with van der Waals surface area (Å²) in [6, 6.07) is 5.91. The second-order valence-electron chi connectivity index (χ2n) is 5.33. The van der Waals surface area contributed by atoms with E-state index in [2.05, 4.69) is 10.6 Å². The fourth-order valence-corrected chi connectivity index (χ4v) is 3.43. The van der Waals surface area contributed by atoms with Crippen LogP contribution in [0, 0.1) is 0 Å². The number of nitrogens with one attached hydrogen (secondary N) is 2. The highest BCUT2D eigenvalue weighted by molar-refractivity contribution is 7.99. The van der Waals surface area contributed by atoms with Gasteiger partial charge < -0.3 is 20.1 Å². The maximum Gasteiger partial charge on any atom is 0.222 e. The summed E-state index contributed by atoms with van der Waals surface area (Å²) in [6.07, 6.45) is 0.518. The van der Waals surface area contributed by atoms with Crippen molar-refractivity contribution < 1.29 is 14.3 Å². The van der Waals surface area contributed by atoms with Crippen molar-refractivity contribution in [2.75, 3.05) is 32.3 Å². The van der Waals surface area contributed by atoms with Gasteiger partial charge in [0.25, 0.3) is 0 Å². The predicted octanol–water partition coefficient (Wildman–Crippen LogP) is 1.98. The third-order valence-corrected chi connectivity index (χ3v) is 4.85. The zero-order valence-electron chi connectivity index (χ0n) is 13.3.